The lowest BCUT2D eigenvalue weighted by Crippen LogP contribution is -2.09. The highest BCUT2D eigenvalue weighted by atomic mass is 16.3. The zero-order valence-corrected chi connectivity index (χ0v) is 9.55. The maximum absolute atomic E-state index is 9.13. The van der Waals surface area contributed by atoms with Gasteiger partial charge in [0.15, 0.2) is 0 Å². The first-order valence-corrected chi connectivity index (χ1v) is 5.81. The Bertz CT molecular complexity index is 99.3. The van der Waals surface area contributed by atoms with Crippen LogP contribution in [0.15, 0.2) is 0 Å². The molecule has 0 aromatic heterocycles. The molecule has 0 radical (unpaired) electrons. The summed E-state index contributed by atoms with van der Waals surface area (Å²) in [6.07, 6.45) is 7.68. The number of rotatable bonds is 8. The number of aliphatic hydroxyl groups is 1. The molecule has 0 rings (SSSR count). The van der Waals surface area contributed by atoms with Gasteiger partial charge in [-0.2, -0.15) is 0 Å². The van der Waals surface area contributed by atoms with Crippen molar-refractivity contribution < 1.29 is 5.11 Å². The molecule has 1 N–H and O–H groups in total. The lowest BCUT2D eigenvalue weighted by Gasteiger charge is -2.15. The van der Waals surface area contributed by atoms with Crippen molar-refractivity contribution in [3.8, 4) is 0 Å². The van der Waals surface area contributed by atoms with E-state index in [0.29, 0.717) is 12.5 Å². The average molecular weight is 186 g/mol. The fourth-order valence-corrected chi connectivity index (χ4v) is 1.81. The van der Waals surface area contributed by atoms with Crippen LogP contribution in [0.3, 0.4) is 0 Å². The molecule has 0 saturated heterocycles. The van der Waals surface area contributed by atoms with Crippen LogP contribution in [0.5, 0.6) is 0 Å². The smallest absolute Gasteiger partial charge is 0.0459 e. The molecule has 80 valence electrons. The number of hydrogen-bond donors (Lipinski definition) is 1. The number of unbranched alkanes of at least 4 members (excludes halogenated alkanes) is 3. The molecule has 1 atom stereocenters. The molecule has 0 aliphatic heterocycles. The Morgan fingerprint density at radius 3 is 2.23 bits per heavy atom. The predicted molar refractivity (Wildman–Crippen MR) is 58.8 cm³/mol. The molecule has 0 bridgehead atoms. The van der Waals surface area contributed by atoms with Crippen molar-refractivity contribution >= 4 is 0 Å². The zero-order chi connectivity index (χ0) is 10.1. The van der Waals surface area contributed by atoms with E-state index in [1.54, 1.807) is 0 Å². The van der Waals surface area contributed by atoms with E-state index in [0.717, 1.165) is 5.92 Å². The Morgan fingerprint density at radius 1 is 1.08 bits per heavy atom. The van der Waals surface area contributed by atoms with Gasteiger partial charge in [0.2, 0.25) is 0 Å². The Kier molecular flexibility index (Phi) is 8.53. The van der Waals surface area contributed by atoms with Crippen LogP contribution in [0.4, 0.5) is 0 Å². The van der Waals surface area contributed by atoms with Gasteiger partial charge in [-0.15, -0.1) is 0 Å². The molecule has 1 heteroatoms. The minimum Gasteiger partial charge on any atom is -0.396 e. The fraction of sp³-hybridized carbons (Fsp3) is 1.00. The molecule has 0 spiro atoms. The van der Waals surface area contributed by atoms with Gasteiger partial charge < -0.3 is 5.11 Å². The molecule has 0 aliphatic carbocycles. The Labute approximate surface area is 83.5 Å². The Morgan fingerprint density at radius 2 is 1.77 bits per heavy atom. The van der Waals surface area contributed by atoms with E-state index in [9.17, 15) is 0 Å². The van der Waals surface area contributed by atoms with Crippen molar-refractivity contribution in [3.05, 3.63) is 0 Å². The summed E-state index contributed by atoms with van der Waals surface area (Å²) in [6.45, 7) is 7.07. The summed E-state index contributed by atoms with van der Waals surface area (Å²) in [7, 11) is 0. The third-order valence-corrected chi connectivity index (χ3v) is 2.53. The minimum absolute atomic E-state index is 0.379. The Hall–Kier alpha value is -0.0400. The van der Waals surface area contributed by atoms with Crippen LogP contribution >= 0.6 is 0 Å². The van der Waals surface area contributed by atoms with Crippen molar-refractivity contribution in [2.24, 2.45) is 11.8 Å². The first kappa shape index (κ1) is 13.0. The first-order valence-electron chi connectivity index (χ1n) is 5.81. The van der Waals surface area contributed by atoms with Crippen LogP contribution < -0.4 is 0 Å². The van der Waals surface area contributed by atoms with E-state index in [2.05, 4.69) is 20.8 Å². The van der Waals surface area contributed by atoms with Crippen LogP contribution in [0.2, 0.25) is 0 Å². The molecule has 0 aliphatic rings. The second kappa shape index (κ2) is 8.55. The van der Waals surface area contributed by atoms with Gasteiger partial charge in [-0.05, 0) is 24.7 Å². The van der Waals surface area contributed by atoms with E-state index in [1.807, 2.05) is 0 Å². The molecule has 0 fully saturated rings. The van der Waals surface area contributed by atoms with Crippen molar-refractivity contribution in [3.63, 3.8) is 0 Å². The van der Waals surface area contributed by atoms with Gasteiger partial charge in [0.25, 0.3) is 0 Å². The summed E-state index contributed by atoms with van der Waals surface area (Å²) < 4.78 is 0. The van der Waals surface area contributed by atoms with Gasteiger partial charge in [-0.25, -0.2) is 0 Å². The van der Waals surface area contributed by atoms with Crippen LogP contribution in [0.1, 0.15) is 59.3 Å². The molecule has 0 saturated carbocycles. The summed E-state index contributed by atoms with van der Waals surface area (Å²) >= 11 is 0. The molecular formula is C12H26O. The maximum Gasteiger partial charge on any atom is 0.0459 e. The molecule has 0 aromatic rings. The van der Waals surface area contributed by atoms with E-state index in [-0.39, 0.29) is 0 Å². The quantitative estimate of drug-likeness (QED) is 0.574. The average Bonchev–Trinajstić information content (AvgIpc) is 2.09. The largest absolute Gasteiger partial charge is 0.396 e. The van der Waals surface area contributed by atoms with Crippen molar-refractivity contribution in [2.75, 3.05) is 6.61 Å². The minimum atomic E-state index is 0.379. The van der Waals surface area contributed by atoms with Gasteiger partial charge in [0, 0.05) is 6.61 Å². The second-order valence-electron chi connectivity index (χ2n) is 4.53. The summed E-state index contributed by atoms with van der Waals surface area (Å²) in [4.78, 5) is 0. The molecular weight excluding hydrogens is 160 g/mol. The lowest BCUT2D eigenvalue weighted by atomic mass is 9.92. The standard InChI is InChI=1S/C12H26O/c1-4-5-6-7-8-12(10-13)9-11(2)3/h11-13H,4-10H2,1-3H3. The number of aliphatic hydroxyl groups excluding tert-OH is 1. The topological polar surface area (TPSA) is 20.2 Å². The highest BCUT2D eigenvalue weighted by molar-refractivity contribution is 4.60. The zero-order valence-electron chi connectivity index (χ0n) is 9.55. The van der Waals surface area contributed by atoms with Crippen molar-refractivity contribution in [1.82, 2.24) is 0 Å². The van der Waals surface area contributed by atoms with Gasteiger partial charge in [0.1, 0.15) is 0 Å². The van der Waals surface area contributed by atoms with E-state index in [1.165, 1.54) is 38.5 Å². The summed E-state index contributed by atoms with van der Waals surface area (Å²) in [5, 5.41) is 9.13. The predicted octanol–water partition coefficient (Wildman–Crippen LogP) is 3.61. The highest BCUT2D eigenvalue weighted by Gasteiger charge is 2.08. The summed E-state index contributed by atoms with van der Waals surface area (Å²) in [5.74, 6) is 1.28. The molecule has 1 unspecified atom stereocenters. The molecule has 13 heavy (non-hydrogen) atoms. The molecule has 0 aromatic carbocycles. The molecule has 0 amide bonds. The van der Waals surface area contributed by atoms with Crippen LogP contribution in [-0.4, -0.2) is 11.7 Å². The lowest BCUT2D eigenvalue weighted by molar-refractivity contribution is 0.195. The van der Waals surface area contributed by atoms with Crippen LogP contribution in [0, 0.1) is 11.8 Å². The third kappa shape index (κ3) is 8.29. The fourth-order valence-electron chi connectivity index (χ4n) is 1.81. The summed E-state index contributed by atoms with van der Waals surface area (Å²) in [5.41, 5.74) is 0. The SMILES string of the molecule is CCCCCCC(CO)CC(C)C. The first-order chi connectivity index (χ1) is 6.20. The van der Waals surface area contributed by atoms with E-state index >= 15 is 0 Å². The highest BCUT2D eigenvalue weighted by Crippen LogP contribution is 2.18. The third-order valence-electron chi connectivity index (χ3n) is 2.53. The van der Waals surface area contributed by atoms with Crippen molar-refractivity contribution in [1.29, 1.82) is 0 Å². The molecule has 0 heterocycles. The van der Waals surface area contributed by atoms with Gasteiger partial charge in [0.05, 0.1) is 0 Å². The van der Waals surface area contributed by atoms with Crippen molar-refractivity contribution in [2.45, 2.75) is 59.3 Å². The monoisotopic (exact) mass is 186 g/mol. The summed E-state index contributed by atoms with van der Waals surface area (Å²) in [6, 6.07) is 0. The van der Waals surface area contributed by atoms with Crippen LogP contribution in [0.25, 0.3) is 0 Å². The normalized spacial score (nSPS) is 13.6. The molecule has 1 nitrogen and oxygen atoms in total. The van der Waals surface area contributed by atoms with E-state index < -0.39 is 0 Å². The van der Waals surface area contributed by atoms with Gasteiger partial charge in [-0.1, -0.05) is 46.5 Å². The Balaban J connectivity index is 3.36. The second-order valence-corrected chi connectivity index (χ2v) is 4.53. The van der Waals surface area contributed by atoms with E-state index in [4.69, 9.17) is 5.11 Å². The van der Waals surface area contributed by atoms with Crippen LogP contribution in [-0.2, 0) is 0 Å². The van der Waals surface area contributed by atoms with Gasteiger partial charge in [-0.3, -0.25) is 0 Å². The number of hydrogen-bond acceptors (Lipinski definition) is 1. The maximum atomic E-state index is 9.13. The van der Waals surface area contributed by atoms with Gasteiger partial charge >= 0.3 is 0 Å².